The number of nitrogens with one attached hydrogen (secondary N) is 1. The van der Waals surface area contributed by atoms with Crippen molar-refractivity contribution in [2.45, 2.75) is 6.54 Å². The van der Waals surface area contributed by atoms with Gasteiger partial charge in [0.2, 0.25) is 0 Å². The van der Waals surface area contributed by atoms with Gasteiger partial charge < -0.3 is 10.4 Å². The molecule has 0 unspecified atom stereocenters. The van der Waals surface area contributed by atoms with Crippen LogP contribution < -0.4 is 5.32 Å². The Bertz CT molecular complexity index is 624. The number of anilines is 1. The number of benzene rings is 1. The van der Waals surface area contributed by atoms with Gasteiger partial charge in [-0.1, -0.05) is 12.1 Å². The first kappa shape index (κ1) is 12.7. The smallest absolute Gasteiger partial charge is 0.325 e. The molecule has 1 heterocycles. The number of carboxylic acid groups (broad SMARTS) is 1. The number of carbonyl (C=O) groups is 2. The second kappa shape index (κ2) is 5.30. The van der Waals surface area contributed by atoms with Crippen molar-refractivity contribution in [2.24, 2.45) is 0 Å². The summed E-state index contributed by atoms with van der Waals surface area (Å²) < 4.78 is 14.5. The summed E-state index contributed by atoms with van der Waals surface area (Å²) in [4.78, 5) is 22.2. The summed E-state index contributed by atoms with van der Waals surface area (Å²) >= 11 is 0. The number of nitrogens with zero attached hydrogens (tertiary/aromatic N) is 2. The number of carbonyl (C=O) groups excluding carboxylic acids is 1. The zero-order valence-corrected chi connectivity index (χ0v) is 9.71. The molecule has 98 valence electrons. The van der Waals surface area contributed by atoms with E-state index in [-0.39, 0.29) is 12.1 Å². The van der Waals surface area contributed by atoms with Gasteiger partial charge >= 0.3 is 5.97 Å². The minimum Gasteiger partial charge on any atom is -0.480 e. The second-order valence-electron chi connectivity index (χ2n) is 3.75. The monoisotopic (exact) mass is 263 g/mol. The van der Waals surface area contributed by atoms with Crippen molar-refractivity contribution in [2.75, 3.05) is 5.32 Å². The van der Waals surface area contributed by atoms with E-state index in [0.29, 0.717) is 5.69 Å². The number of amides is 1. The molecule has 2 rings (SSSR count). The molecule has 1 aromatic carbocycles. The van der Waals surface area contributed by atoms with E-state index in [0.717, 1.165) is 4.68 Å². The van der Waals surface area contributed by atoms with Gasteiger partial charge in [0.05, 0.1) is 17.4 Å². The van der Waals surface area contributed by atoms with E-state index in [9.17, 15) is 14.0 Å². The van der Waals surface area contributed by atoms with E-state index < -0.39 is 17.7 Å². The molecule has 0 aliphatic carbocycles. The Morgan fingerprint density at radius 2 is 2.11 bits per heavy atom. The fraction of sp³-hybridized carbons (Fsp3) is 0.0833. The van der Waals surface area contributed by atoms with Crippen LogP contribution in [0.3, 0.4) is 0 Å². The maximum atomic E-state index is 13.4. The molecular weight excluding hydrogens is 253 g/mol. The average Bonchev–Trinajstić information content (AvgIpc) is 2.76. The van der Waals surface area contributed by atoms with E-state index in [1.165, 1.54) is 30.6 Å². The number of rotatable bonds is 4. The molecule has 0 atom stereocenters. The quantitative estimate of drug-likeness (QED) is 0.872. The molecule has 2 aromatic rings. The molecule has 0 bridgehead atoms. The highest BCUT2D eigenvalue weighted by atomic mass is 19.1. The molecule has 0 aliphatic heterocycles. The molecule has 1 aromatic heterocycles. The van der Waals surface area contributed by atoms with Crippen molar-refractivity contribution in [3.8, 4) is 0 Å². The highest BCUT2D eigenvalue weighted by Crippen LogP contribution is 2.11. The summed E-state index contributed by atoms with van der Waals surface area (Å²) in [6, 6.07) is 5.57. The Kier molecular flexibility index (Phi) is 3.56. The zero-order valence-electron chi connectivity index (χ0n) is 9.71. The number of aliphatic carboxylic acids is 1. The second-order valence-corrected chi connectivity index (χ2v) is 3.75. The van der Waals surface area contributed by atoms with Gasteiger partial charge in [0.25, 0.3) is 5.91 Å². The lowest BCUT2D eigenvalue weighted by atomic mass is 10.2. The van der Waals surface area contributed by atoms with Gasteiger partial charge in [0.1, 0.15) is 12.4 Å². The first-order chi connectivity index (χ1) is 9.06. The van der Waals surface area contributed by atoms with E-state index in [2.05, 4.69) is 10.4 Å². The van der Waals surface area contributed by atoms with Crippen LogP contribution in [0.2, 0.25) is 0 Å². The standard InChI is InChI=1S/C12H10FN3O3/c13-10-4-2-1-3-9(10)12(19)15-8-5-14-16(6-8)7-11(17)18/h1-6H,7H2,(H,15,19)(H,17,18). The molecule has 6 nitrogen and oxygen atoms in total. The molecular formula is C12H10FN3O3. The molecule has 2 N–H and O–H groups in total. The molecule has 1 amide bonds. The van der Waals surface area contributed by atoms with Crippen LogP contribution in [0, 0.1) is 5.82 Å². The highest BCUT2D eigenvalue weighted by molar-refractivity contribution is 6.04. The Labute approximate surface area is 107 Å². The maximum absolute atomic E-state index is 13.4. The summed E-state index contributed by atoms with van der Waals surface area (Å²) in [6.45, 7) is -0.310. The summed E-state index contributed by atoms with van der Waals surface area (Å²) in [7, 11) is 0. The van der Waals surface area contributed by atoms with Crippen LogP contribution in [0.1, 0.15) is 10.4 Å². The topological polar surface area (TPSA) is 84.2 Å². The van der Waals surface area contributed by atoms with E-state index in [1.807, 2.05) is 0 Å². The number of carboxylic acids is 1. The molecule has 0 aliphatic rings. The largest absolute Gasteiger partial charge is 0.480 e. The Hall–Kier alpha value is -2.70. The summed E-state index contributed by atoms with van der Waals surface area (Å²) in [5.41, 5.74) is 0.211. The predicted molar refractivity (Wildman–Crippen MR) is 64.2 cm³/mol. The Balaban J connectivity index is 2.09. The van der Waals surface area contributed by atoms with E-state index >= 15 is 0 Å². The zero-order chi connectivity index (χ0) is 13.8. The lowest BCUT2D eigenvalue weighted by molar-refractivity contribution is -0.137. The molecule has 19 heavy (non-hydrogen) atoms. The summed E-state index contributed by atoms with van der Waals surface area (Å²) in [5.74, 6) is -2.29. The number of hydrogen-bond acceptors (Lipinski definition) is 3. The van der Waals surface area contributed by atoms with E-state index in [1.54, 1.807) is 6.07 Å². The fourth-order valence-electron chi connectivity index (χ4n) is 1.50. The van der Waals surface area contributed by atoms with Gasteiger partial charge in [-0.2, -0.15) is 5.10 Å². The van der Waals surface area contributed by atoms with Crippen LogP contribution in [-0.4, -0.2) is 26.8 Å². The normalized spacial score (nSPS) is 10.2. The van der Waals surface area contributed by atoms with Crippen LogP contribution in [0.25, 0.3) is 0 Å². The van der Waals surface area contributed by atoms with Crippen molar-refractivity contribution in [3.05, 3.63) is 48.0 Å². The van der Waals surface area contributed by atoms with Crippen LogP contribution in [0.5, 0.6) is 0 Å². The van der Waals surface area contributed by atoms with Crippen LogP contribution >= 0.6 is 0 Å². The summed E-state index contributed by atoms with van der Waals surface area (Å²) in [6.07, 6.45) is 2.65. The third-order valence-corrected chi connectivity index (χ3v) is 2.31. The van der Waals surface area contributed by atoms with Gasteiger partial charge in [-0.3, -0.25) is 14.3 Å². The van der Waals surface area contributed by atoms with Gasteiger partial charge in [0.15, 0.2) is 0 Å². The maximum Gasteiger partial charge on any atom is 0.325 e. The average molecular weight is 263 g/mol. The lowest BCUT2D eigenvalue weighted by Gasteiger charge is -2.03. The van der Waals surface area contributed by atoms with Crippen molar-refractivity contribution in [3.63, 3.8) is 0 Å². The predicted octanol–water partition coefficient (Wildman–Crippen LogP) is 1.36. The Morgan fingerprint density at radius 3 is 2.79 bits per heavy atom. The highest BCUT2D eigenvalue weighted by Gasteiger charge is 2.12. The molecule has 0 radical (unpaired) electrons. The van der Waals surface area contributed by atoms with Crippen LogP contribution in [0.15, 0.2) is 36.7 Å². The molecule has 0 saturated heterocycles. The minimum atomic E-state index is -1.05. The molecule has 0 spiro atoms. The molecule has 7 heteroatoms. The number of halogens is 1. The van der Waals surface area contributed by atoms with Crippen LogP contribution in [-0.2, 0) is 11.3 Å². The van der Waals surface area contributed by atoms with Gasteiger partial charge in [-0.15, -0.1) is 0 Å². The van der Waals surface area contributed by atoms with Crippen molar-refractivity contribution < 1.29 is 19.1 Å². The van der Waals surface area contributed by atoms with Gasteiger partial charge in [-0.05, 0) is 12.1 Å². The first-order valence-corrected chi connectivity index (χ1v) is 5.36. The minimum absolute atomic E-state index is 0.0894. The first-order valence-electron chi connectivity index (χ1n) is 5.36. The van der Waals surface area contributed by atoms with Crippen molar-refractivity contribution in [1.29, 1.82) is 0 Å². The third-order valence-electron chi connectivity index (χ3n) is 2.31. The van der Waals surface area contributed by atoms with Gasteiger partial charge in [0, 0.05) is 6.20 Å². The summed E-state index contributed by atoms with van der Waals surface area (Å²) in [5, 5.41) is 14.8. The van der Waals surface area contributed by atoms with Crippen LogP contribution in [0.4, 0.5) is 10.1 Å². The number of aromatic nitrogens is 2. The third kappa shape index (κ3) is 3.15. The van der Waals surface area contributed by atoms with Crippen molar-refractivity contribution in [1.82, 2.24) is 9.78 Å². The molecule has 0 saturated carbocycles. The lowest BCUT2D eigenvalue weighted by Crippen LogP contribution is -2.13. The van der Waals surface area contributed by atoms with Crippen molar-refractivity contribution >= 4 is 17.6 Å². The molecule has 0 fully saturated rings. The number of hydrogen-bond donors (Lipinski definition) is 2. The van der Waals surface area contributed by atoms with E-state index in [4.69, 9.17) is 5.11 Å². The van der Waals surface area contributed by atoms with Gasteiger partial charge in [-0.25, -0.2) is 4.39 Å². The Morgan fingerprint density at radius 1 is 1.37 bits per heavy atom. The SMILES string of the molecule is O=C(O)Cn1cc(NC(=O)c2ccccc2F)cn1. The fourth-order valence-corrected chi connectivity index (χ4v) is 1.50.